The molecule has 0 aliphatic heterocycles. The smallest absolute Gasteiger partial charge is 0.319 e. The number of nitrogens with one attached hydrogen (secondary N) is 3. The van der Waals surface area contributed by atoms with E-state index in [1.165, 1.54) is 6.20 Å². The molecule has 1 heterocycles. The number of aromatic nitrogens is 1. The predicted molar refractivity (Wildman–Crippen MR) is 115 cm³/mol. The fraction of sp³-hybridized carbons (Fsp3) is 0.182. The van der Waals surface area contributed by atoms with Crippen molar-refractivity contribution in [2.24, 2.45) is 0 Å². The Morgan fingerprint density at radius 3 is 2.52 bits per heavy atom. The number of urea groups is 1. The zero-order valence-electron chi connectivity index (χ0n) is 16.6. The van der Waals surface area contributed by atoms with Crippen molar-refractivity contribution >= 4 is 34.4 Å². The van der Waals surface area contributed by atoms with Crippen molar-refractivity contribution in [2.45, 2.75) is 19.4 Å². The van der Waals surface area contributed by atoms with Gasteiger partial charge in [0.1, 0.15) is 0 Å². The van der Waals surface area contributed by atoms with Gasteiger partial charge in [-0.2, -0.15) is 0 Å². The van der Waals surface area contributed by atoms with Gasteiger partial charge >= 0.3 is 12.0 Å². The summed E-state index contributed by atoms with van der Waals surface area (Å²) in [6.07, 6.45) is 1.64. The number of carboxylic acids is 1. The van der Waals surface area contributed by atoms with Gasteiger partial charge in [-0.25, -0.2) is 9.78 Å². The largest absolute Gasteiger partial charge is 0.505 e. The van der Waals surface area contributed by atoms with Gasteiger partial charge < -0.3 is 26.2 Å². The Bertz CT molecular complexity index is 1100. The van der Waals surface area contributed by atoms with Gasteiger partial charge in [-0.1, -0.05) is 30.3 Å². The molecule has 2 aromatic carbocycles. The number of hydrogen-bond donors (Lipinski definition) is 5. The molecular formula is C22H22N4O5. The number of benzene rings is 2. The highest BCUT2D eigenvalue weighted by molar-refractivity contribution is 6.02. The van der Waals surface area contributed by atoms with Crippen molar-refractivity contribution < 1.29 is 24.6 Å². The van der Waals surface area contributed by atoms with Crippen molar-refractivity contribution in [1.29, 1.82) is 0 Å². The van der Waals surface area contributed by atoms with Crippen LogP contribution >= 0.6 is 0 Å². The molecule has 9 nitrogen and oxygen atoms in total. The van der Waals surface area contributed by atoms with Crippen LogP contribution in [0.1, 0.15) is 28.9 Å². The van der Waals surface area contributed by atoms with Gasteiger partial charge in [-0.15, -0.1) is 0 Å². The van der Waals surface area contributed by atoms with E-state index < -0.39 is 11.9 Å². The molecule has 1 aromatic heterocycles. The average molecular weight is 422 g/mol. The van der Waals surface area contributed by atoms with E-state index >= 15 is 0 Å². The number of aliphatic carboxylic acids is 1. The summed E-state index contributed by atoms with van der Waals surface area (Å²) in [5.74, 6) is -1.82. The molecule has 3 rings (SSSR count). The van der Waals surface area contributed by atoms with Crippen molar-refractivity contribution in [3.8, 4) is 5.75 Å². The summed E-state index contributed by atoms with van der Waals surface area (Å²) in [5.41, 5.74) is 1.33. The molecule has 3 aromatic rings. The molecule has 0 saturated carbocycles. The maximum absolute atomic E-state index is 12.2. The first-order chi connectivity index (χ1) is 14.9. The molecule has 0 atom stereocenters. The molecule has 0 aliphatic rings. The Labute approximate surface area is 178 Å². The molecule has 5 N–H and O–H groups in total. The van der Waals surface area contributed by atoms with E-state index in [1.54, 1.807) is 18.2 Å². The first-order valence-electron chi connectivity index (χ1n) is 9.64. The quantitative estimate of drug-likeness (QED) is 0.354. The summed E-state index contributed by atoms with van der Waals surface area (Å²) >= 11 is 0. The van der Waals surface area contributed by atoms with Crippen LogP contribution in [0, 0.1) is 0 Å². The summed E-state index contributed by atoms with van der Waals surface area (Å²) < 4.78 is 0. The third-order valence-corrected chi connectivity index (χ3v) is 4.49. The van der Waals surface area contributed by atoms with Gasteiger partial charge in [0.05, 0.1) is 0 Å². The third-order valence-electron chi connectivity index (χ3n) is 4.49. The van der Waals surface area contributed by atoms with Crippen LogP contribution in [0.4, 0.5) is 10.5 Å². The monoisotopic (exact) mass is 422 g/mol. The third kappa shape index (κ3) is 5.92. The lowest BCUT2D eigenvalue weighted by Crippen LogP contribution is -2.28. The molecule has 0 spiro atoms. The number of nitrogens with zero attached hydrogens (tertiary/aromatic N) is 1. The van der Waals surface area contributed by atoms with E-state index in [0.29, 0.717) is 23.0 Å². The number of amides is 3. The Morgan fingerprint density at radius 2 is 1.77 bits per heavy atom. The summed E-state index contributed by atoms with van der Waals surface area (Å²) in [6, 6.07) is 14.0. The van der Waals surface area contributed by atoms with E-state index in [-0.39, 0.29) is 36.9 Å². The summed E-state index contributed by atoms with van der Waals surface area (Å²) in [7, 11) is 0. The molecule has 3 amide bonds. The Balaban J connectivity index is 1.63. The first kappa shape index (κ1) is 21.6. The fourth-order valence-corrected chi connectivity index (χ4v) is 2.93. The number of aromatic hydroxyl groups is 1. The van der Waals surface area contributed by atoms with Crippen LogP contribution in [0.25, 0.3) is 10.8 Å². The molecule has 0 saturated heterocycles. The molecular weight excluding hydrogens is 400 g/mol. The highest BCUT2D eigenvalue weighted by atomic mass is 16.4. The van der Waals surface area contributed by atoms with Crippen LogP contribution in [-0.4, -0.2) is 39.6 Å². The van der Waals surface area contributed by atoms with E-state index in [9.17, 15) is 19.5 Å². The number of carbonyl (C=O) groups is 3. The van der Waals surface area contributed by atoms with Gasteiger partial charge in [0.15, 0.2) is 11.4 Å². The standard InChI is InChI=1S/C22H22N4O5/c27-18(28)7-4-10-23-21(30)19-20(29)17-9-8-16(11-15(17)13-24-19)26-22(31)25-12-14-5-2-1-3-6-14/h1-3,5-6,8-9,11,13,29H,4,7,10,12H2,(H,23,30)(H,27,28)(H2,25,26,31). The van der Waals surface area contributed by atoms with E-state index in [0.717, 1.165) is 5.56 Å². The van der Waals surface area contributed by atoms with Crippen molar-refractivity contribution in [2.75, 3.05) is 11.9 Å². The Kier molecular flexibility index (Phi) is 7.00. The van der Waals surface area contributed by atoms with Crippen LogP contribution in [0.2, 0.25) is 0 Å². The number of rotatable bonds is 8. The zero-order valence-corrected chi connectivity index (χ0v) is 16.6. The number of pyridine rings is 1. The Morgan fingerprint density at radius 1 is 1.00 bits per heavy atom. The van der Waals surface area contributed by atoms with Crippen molar-refractivity contribution in [3.63, 3.8) is 0 Å². The first-order valence-corrected chi connectivity index (χ1v) is 9.64. The van der Waals surface area contributed by atoms with Crippen LogP contribution < -0.4 is 16.0 Å². The zero-order chi connectivity index (χ0) is 22.2. The van der Waals surface area contributed by atoms with E-state index in [2.05, 4.69) is 20.9 Å². The summed E-state index contributed by atoms with van der Waals surface area (Å²) in [5, 5.41) is 28.0. The number of fused-ring (bicyclic) bond motifs is 1. The molecule has 160 valence electrons. The molecule has 0 aliphatic carbocycles. The van der Waals surface area contributed by atoms with Crippen LogP contribution in [-0.2, 0) is 11.3 Å². The van der Waals surface area contributed by atoms with E-state index in [1.807, 2.05) is 30.3 Å². The molecule has 9 heteroatoms. The average Bonchev–Trinajstić information content (AvgIpc) is 2.76. The minimum absolute atomic E-state index is 0.0634. The van der Waals surface area contributed by atoms with Gasteiger partial charge in [0, 0.05) is 42.2 Å². The lowest BCUT2D eigenvalue weighted by atomic mass is 10.1. The number of carbonyl (C=O) groups excluding carboxylic acids is 2. The van der Waals surface area contributed by atoms with Crippen LogP contribution in [0.3, 0.4) is 0 Å². The van der Waals surface area contributed by atoms with Gasteiger partial charge in [-0.3, -0.25) is 9.59 Å². The highest BCUT2D eigenvalue weighted by Crippen LogP contribution is 2.29. The van der Waals surface area contributed by atoms with E-state index in [4.69, 9.17) is 5.11 Å². The van der Waals surface area contributed by atoms with Crippen molar-refractivity contribution in [1.82, 2.24) is 15.6 Å². The Hall–Kier alpha value is -4.14. The second kappa shape index (κ2) is 10.1. The minimum Gasteiger partial charge on any atom is -0.505 e. The normalized spacial score (nSPS) is 10.5. The van der Waals surface area contributed by atoms with Crippen LogP contribution in [0.5, 0.6) is 5.75 Å². The highest BCUT2D eigenvalue weighted by Gasteiger charge is 2.16. The van der Waals surface area contributed by atoms with Crippen LogP contribution in [0.15, 0.2) is 54.7 Å². The molecule has 31 heavy (non-hydrogen) atoms. The SMILES string of the molecule is O=C(O)CCCNC(=O)c1ncc2cc(NC(=O)NCc3ccccc3)ccc2c1O. The van der Waals surface area contributed by atoms with Gasteiger partial charge in [-0.05, 0) is 30.2 Å². The molecule has 0 bridgehead atoms. The maximum Gasteiger partial charge on any atom is 0.319 e. The van der Waals surface area contributed by atoms with Gasteiger partial charge in [0.25, 0.3) is 5.91 Å². The maximum atomic E-state index is 12.2. The summed E-state index contributed by atoms with van der Waals surface area (Å²) in [4.78, 5) is 38.9. The van der Waals surface area contributed by atoms with Gasteiger partial charge in [0.2, 0.25) is 0 Å². The predicted octanol–water partition coefficient (Wildman–Crippen LogP) is 2.86. The lowest BCUT2D eigenvalue weighted by molar-refractivity contribution is -0.137. The topological polar surface area (TPSA) is 141 Å². The fourth-order valence-electron chi connectivity index (χ4n) is 2.93. The second-order valence-electron chi connectivity index (χ2n) is 6.80. The second-order valence-corrected chi connectivity index (χ2v) is 6.80. The molecule has 0 unspecified atom stereocenters. The number of anilines is 1. The lowest BCUT2D eigenvalue weighted by Gasteiger charge is -2.11. The number of hydrogen-bond acceptors (Lipinski definition) is 5. The summed E-state index contributed by atoms with van der Waals surface area (Å²) in [6.45, 7) is 0.540. The van der Waals surface area contributed by atoms with Crippen molar-refractivity contribution in [3.05, 3.63) is 66.0 Å². The minimum atomic E-state index is -0.945. The molecule has 0 fully saturated rings. The molecule has 0 radical (unpaired) electrons. The number of carboxylic acid groups (broad SMARTS) is 1.